The van der Waals surface area contributed by atoms with E-state index in [0.29, 0.717) is 25.9 Å². The number of carbonyl (C=O) groups is 2. The van der Waals surface area contributed by atoms with Gasteiger partial charge in [0.25, 0.3) is 0 Å². The summed E-state index contributed by atoms with van der Waals surface area (Å²) in [5, 5.41) is 2.78. The van der Waals surface area contributed by atoms with Crippen molar-refractivity contribution in [2.75, 3.05) is 13.1 Å². The summed E-state index contributed by atoms with van der Waals surface area (Å²) in [5.41, 5.74) is 5.90. The summed E-state index contributed by atoms with van der Waals surface area (Å²) in [6.45, 7) is 7.04. The molecule has 0 radical (unpaired) electrons. The largest absolute Gasteiger partial charge is 0.353 e. The maximum absolute atomic E-state index is 12.1. The minimum Gasteiger partial charge on any atom is -0.353 e. The summed E-state index contributed by atoms with van der Waals surface area (Å²) in [4.78, 5) is 25.4. The molecule has 1 rings (SSSR count). The Balaban J connectivity index is 2.63. The summed E-state index contributed by atoms with van der Waals surface area (Å²) in [7, 11) is 0. The van der Waals surface area contributed by atoms with Crippen molar-refractivity contribution in [3.05, 3.63) is 0 Å². The molecule has 0 aromatic rings. The minimum atomic E-state index is -0.324. The molecule has 5 heteroatoms. The molecule has 0 saturated carbocycles. The molecule has 2 amide bonds. The van der Waals surface area contributed by atoms with Gasteiger partial charge < -0.3 is 16.0 Å². The highest BCUT2D eigenvalue weighted by Crippen LogP contribution is 2.12. The average Bonchev–Trinajstić information content (AvgIpc) is 2.28. The second kappa shape index (κ2) is 6.00. The van der Waals surface area contributed by atoms with Crippen molar-refractivity contribution >= 4 is 11.8 Å². The van der Waals surface area contributed by atoms with E-state index in [1.54, 1.807) is 4.90 Å². The van der Waals surface area contributed by atoms with Gasteiger partial charge in [-0.25, -0.2) is 0 Å². The van der Waals surface area contributed by atoms with Gasteiger partial charge in [-0.3, -0.25) is 9.59 Å². The lowest BCUT2D eigenvalue weighted by molar-refractivity contribution is -0.143. The lowest BCUT2D eigenvalue weighted by Gasteiger charge is -2.35. The summed E-state index contributed by atoms with van der Waals surface area (Å²) >= 11 is 0. The smallest absolute Gasteiger partial charge is 0.242 e. The molecule has 0 spiro atoms. The number of nitrogens with two attached hydrogens (primary N) is 1. The Morgan fingerprint density at radius 1 is 1.59 bits per heavy atom. The van der Waals surface area contributed by atoms with Crippen LogP contribution >= 0.6 is 0 Å². The van der Waals surface area contributed by atoms with Crippen LogP contribution in [0, 0.1) is 5.92 Å². The predicted octanol–water partition coefficient (Wildman–Crippen LogP) is 0.0968. The SMILES string of the molecule is CCC1C(=O)NCCN1C(=O)CC(N)C(C)C. The van der Waals surface area contributed by atoms with Crippen LogP contribution in [0.5, 0.6) is 0 Å². The van der Waals surface area contributed by atoms with Gasteiger partial charge in [-0.1, -0.05) is 20.8 Å². The molecule has 98 valence electrons. The van der Waals surface area contributed by atoms with Crippen molar-refractivity contribution in [1.29, 1.82) is 0 Å². The van der Waals surface area contributed by atoms with Gasteiger partial charge in [-0.05, 0) is 12.3 Å². The fraction of sp³-hybridized carbons (Fsp3) is 0.833. The topological polar surface area (TPSA) is 75.4 Å². The normalized spacial score (nSPS) is 22.5. The quantitative estimate of drug-likeness (QED) is 0.733. The summed E-state index contributed by atoms with van der Waals surface area (Å²) in [6, 6.07) is -0.458. The first kappa shape index (κ1) is 14.0. The molecule has 17 heavy (non-hydrogen) atoms. The molecule has 0 aliphatic carbocycles. The fourth-order valence-electron chi connectivity index (χ4n) is 1.97. The number of nitrogens with one attached hydrogen (secondary N) is 1. The van der Waals surface area contributed by atoms with Crippen molar-refractivity contribution in [3.63, 3.8) is 0 Å². The van der Waals surface area contributed by atoms with E-state index in [0.717, 1.165) is 0 Å². The summed E-state index contributed by atoms with van der Waals surface area (Å²) < 4.78 is 0. The third kappa shape index (κ3) is 3.43. The first-order chi connectivity index (χ1) is 7.97. The number of nitrogens with zero attached hydrogens (tertiary/aromatic N) is 1. The van der Waals surface area contributed by atoms with Crippen molar-refractivity contribution in [1.82, 2.24) is 10.2 Å². The number of carbonyl (C=O) groups excluding carboxylic acids is 2. The van der Waals surface area contributed by atoms with E-state index in [1.807, 2.05) is 20.8 Å². The van der Waals surface area contributed by atoms with E-state index in [1.165, 1.54) is 0 Å². The van der Waals surface area contributed by atoms with Crippen LogP contribution in [0.25, 0.3) is 0 Å². The van der Waals surface area contributed by atoms with Crippen molar-refractivity contribution in [3.8, 4) is 0 Å². The van der Waals surface area contributed by atoms with E-state index in [4.69, 9.17) is 5.73 Å². The molecule has 0 aromatic carbocycles. The van der Waals surface area contributed by atoms with Gasteiger partial charge in [0.15, 0.2) is 0 Å². The Morgan fingerprint density at radius 2 is 2.24 bits per heavy atom. The number of hydrogen-bond donors (Lipinski definition) is 2. The van der Waals surface area contributed by atoms with Crippen molar-refractivity contribution < 1.29 is 9.59 Å². The Kier molecular flexibility index (Phi) is 4.93. The van der Waals surface area contributed by atoms with Gasteiger partial charge in [-0.15, -0.1) is 0 Å². The third-order valence-electron chi connectivity index (χ3n) is 3.30. The molecule has 0 aromatic heterocycles. The molecule has 0 bridgehead atoms. The number of amides is 2. The second-order valence-corrected chi connectivity index (χ2v) is 4.91. The fourth-order valence-corrected chi connectivity index (χ4v) is 1.97. The van der Waals surface area contributed by atoms with Gasteiger partial charge >= 0.3 is 0 Å². The predicted molar refractivity (Wildman–Crippen MR) is 66.2 cm³/mol. The molecule has 1 fully saturated rings. The van der Waals surface area contributed by atoms with E-state index in [-0.39, 0.29) is 29.8 Å². The Morgan fingerprint density at radius 3 is 2.76 bits per heavy atom. The lowest BCUT2D eigenvalue weighted by atomic mass is 10.0. The van der Waals surface area contributed by atoms with E-state index in [2.05, 4.69) is 5.32 Å². The molecule has 2 atom stereocenters. The minimum absolute atomic E-state index is 0.00657. The maximum Gasteiger partial charge on any atom is 0.242 e. The summed E-state index contributed by atoms with van der Waals surface area (Å²) in [6.07, 6.45) is 0.968. The highest BCUT2D eigenvalue weighted by Gasteiger charge is 2.32. The molecular formula is C12H23N3O2. The van der Waals surface area contributed by atoms with Crippen LogP contribution in [0.4, 0.5) is 0 Å². The van der Waals surface area contributed by atoms with Crippen LogP contribution in [0.3, 0.4) is 0 Å². The monoisotopic (exact) mass is 241 g/mol. The van der Waals surface area contributed by atoms with Gasteiger partial charge in [-0.2, -0.15) is 0 Å². The number of rotatable bonds is 4. The molecular weight excluding hydrogens is 218 g/mol. The van der Waals surface area contributed by atoms with Crippen LogP contribution in [-0.2, 0) is 9.59 Å². The van der Waals surface area contributed by atoms with Crippen LogP contribution in [0.15, 0.2) is 0 Å². The molecule has 3 N–H and O–H groups in total. The first-order valence-electron chi connectivity index (χ1n) is 6.30. The molecule has 1 saturated heterocycles. The Hall–Kier alpha value is -1.10. The second-order valence-electron chi connectivity index (χ2n) is 4.91. The van der Waals surface area contributed by atoms with Crippen LogP contribution in [0.1, 0.15) is 33.6 Å². The lowest BCUT2D eigenvalue weighted by Crippen LogP contribution is -2.57. The third-order valence-corrected chi connectivity index (χ3v) is 3.30. The number of piperazine rings is 1. The number of hydrogen-bond acceptors (Lipinski definition) is 3. The molecule has 1 aliphatic rings. The van der Waals surface area contributed by atoms with Gasteiger partial charge in [0, 0.05) is 25.6 Å². The van der Waals surface area contributed by atoms with Crippen molar-refractivity contribution in [2.24, 2.45) is 11.7 Å². The molecule has 5 nitrogen and oxygen atoms in total. The molecule has 1 aliphatic heterocycles. The highest BCUT2D eigenvalue weighted by molar-refractivity contribution is 5.88. The van der Waals surface area contributed by atoms with Crippen LogP contribution < -0.4 is 11.1 Å². The van der Waals surface area contributed by atoms with E-state index in [9.17, 15) is 9.59 Å². The zero-order chi connectivity index (χ0) is 13.0. The maximum atomic E-state index is 12.1. The van der Waals surface area contributed by atoms with Crippen LogP contribution in [0.2, 0.25) is 0 Å². The standard InChI is InChI=1S/C12H23N3O2/c1-4-10-12(17)14-5-6-15(10)11(16)7-9(13)8(2)3/h8-10H,4-7,13H2,1-3H3,(H,14,17). The average molecular weight is 241 g/mol. The Labute approximate surface area is 103 Å². The van der Waals surface area contributed by atoms with Gasteiger partial charge in [0.2, 0.25) is 11.8 Å². The first-order valence-corrected chi connectivity index (χ1v) is 6.30. The van der Waals surface area contributed by atoms with Gasteiger partial charge in [0.1, 0.15) is 6.04 Å². The zero-order valence-electron chi connectivity index (χ0n) is 10.9. The molecule has 2 unspecified atom stereocenters. The van der Waals surface area contributed by atoms with E-state index >= 15 is 0 Å². The summed E-state index contributed by atoms with van der Waals surface area (Å²) in [5.74, 6) is 0.218. The van der Waals surface area contributed by atoms with E-state index < -0.39 is 0 Å². The van der Waals surface area contributed by atoms with Crippen LogP contribution in [-0.4, -0.2) is 41.9 Å². The van der Waals surface area contributed by atoms with Gasteiger partial charge in [0.05, 0.1) is 0 Å². The zero-order valence-corrected chi connectivity index (χ0v) is 10.9. The Bertz CT molecular complexity index is 291. The molecule has 1 heterocycles. The highest BCUT2D eigenvalue weighted by atomic mass is 16.2. The van der Waals surface area contributed by atoms with Crippen molar-refractivity contribution in [2.45, 2.75) is 45.7 Å².